The Balaban J connectivity index is 2.06. The Morgan fingerprint density at radius 1 is 1.15 bits per heavy atom. The number of aliphatic hydroxyl groups excluding tert-OH is 1. The van der Waals surface area contributed by atoms with Crippen LogP contribution in [0.1, 0.15) is 63.3 Å². The van der Waals surface area contributed by atoms with Gasteiger partial charge in [-0.2, -0.15) is 0 Å². The first-order valence-corrected chi connectivity index (χ1v) is 9.87. The van der Waals surface area contributed by atoms with Crippen molar-refractivity contribution in [2.75, 3.05) is 6.61 Å². The van der Waals surface area contributed by atoms with Crippen LogP contribution < -0.4 is 9.47 Å². The largest absolute Gasteiger partial charge is 0.489 e. The van der Waals surface area contributed by atoms with E-state index < -0.39 is 0 Å². The number of ether oxygens (including phenoxy) is 2. The van der Waals surface area contributed by atoms with E-state index in [9.17, 15) is 5.11 Å². The molecular formula is C24H32O3. The van der Waals surface area contributed by atoms with Gasteiger partial charge in [0.25, 0.3) is 0 Å². The average Bonchev–Trinajstić information content (AvgIpc) is 2.91. The highest BCUT2D eigenvalue weighted by molar-refractivity contribution is 5.58. The molecule has 0 aromatic heterocycles. The Hall–Kier alpha value is -2.00. The number of aliphatic hydroxyl groups is 1. The molecule has 3 rings (SSSR count). The highest BCUT2D eigenvalue weighted by Crippen LogP contribution is 2.47. The van der Waals surface area contributed by atoms with Crippen LogP contribution in [0.3, 0.4) is 0 Å². The van der Waals surface area contributed by atoms with Gasteiger partial charge in [-0.15, -0.1) is 0 Å². The summed E-state index contributed by atoms with van der Waals surface area (Å²) in [6.07, 6.45) is 2.39. The van der Waals surface area contributed by atoms with Crippen LogP contribution in [0.2, 0.25) is 0 Å². The fraction of sp³-hybridized carbons (Fsp3) is 0.500. The monoisotopic (exact) mass is 368 g/mol. The van der Waals surface area contributed by atoms with Crippen LogP contribution in [0.25, 0.3) is 0 Å². The maximum absolute atomic E-state index is 9.42. The minimum absolute atomic E-state index is 0.0814. The van der Waals surface area contributed by atoms with Crippen LogP contribution in [-0.2, 0) is 24.9 Å². The Morgan fingerprint density at radius 2 is 1.85 bits per heavy atom. The molecule has 1 aliphatic rings. The van der Waals surface area contributed by atoms with Crippen LogP contribution in [0, 0.1) is 0 Å². The van der Waals surface area contributed by atoms with Crippen molar-refractivity contribution in [1.29, 1.82) is 0 Å². The van der Waals surface area contributed by atoms with Gasteiger partial charge in [0.1, 0.15) is 23.7 Å². The third-order valence-electron chi connectivity index (χ3n) is 4.99. The summed E-state index contributed by atoms with van der Waals surface area (Å²) < 4.78 is 12.7. The molecule has 0 radical (unpaired) electrons. The van der Waals surface area contributed by atoms with Crippen LogP contribution in [0.15, 0.2) is 36.4 Å². The topological polar surface area (TPSA) is 38.7 Å². The second-order valence-corrected chi connectivity index (χ2v) is 9.11. The van der Waals surface area contributed by atoms with E-state index in [1.807, 2.05) is 18.2 Å². The third kappa shape index (κ3) is 4.47. The Kier molecular flexibility index (Phi) is 5.53. The highest BCUT2D eigenvalue weighted by atomic mass is 16.5. The van der Waals surface area contributed by atoms with Crippen LogP contribution in [0.5, 0.6) is 11.5 Å². The van der Waals surface area contributed by atoms with Crippen molar-refractivity contribution < 1.29 is 14.6 Å². The molecule has 2 aromatic carbocycles. The van der Waals surface area contributed by atoms with E-state index >= 15 is 0 Å². The average molecular weight is 369 g/mol. The molecule has 1 aliphatic heterocycles. The van der Waals surface area contributed by atoms with E-state index in [-0.39, 0.29) is 17.6 Å². The molecule has 3 nitrogen and oxygen atoms in total. The first kappa shape index (κ1) is 19.8. The maximum Gasteiger partial charge on any atom is 0.127 e. The van der Waals surface area contributed by atoms with Crippen LogP contribution >= 0.6 is 0 Å². The van der Waals surface area contributed by atoms with Gasteiger partial charge in [-0.05, 0) is 43.7 Å². The lowest BCUT2D eigenvalue weighted by Gasteiger charge is -2.28. The first-order valence-electron chi connectivity index (χ1n) is 9.87. The van der Waals surface area contributed by atoms with E-state index in [4.69, 9.17) is 9.47 Å². The SMILES string of the molecule is CC1(C)Cc2cc(OCc3ccccc3)c(C(C)(C)C)c(CCCO)c2O1. The molecule has 146 valence electrons. The summed E-state index contributed by atoms with van der Waals surface area (Å²) in [6.45, 7) is 11.6. The van der Waals surface area contributed by atoms with Crippen molar-refractivity contribution >= 4 is 0 Å². The Labute approximate surface area is 163 Å². The van der Waals surface area contributed by atoms with E-state index in [1.165, 1.54) is 16.7 Å². The number of fused-ring (bicyclic) bond motifs is 1. The summed E-state index contributed by atoms with van der Waals surface area (Å²) in [4.78, 5) is 0. The zero-order valence-corrected chi connectivity index (χ0v) is 17.3. The molecule has 27 heavy (non-hydrogen) atoms. The van der Waals surface area contributed by atoms with E-state index in [0.29, 0.717) is 6.61 Å². The molecule has 0 saturated heterocycles. The molecule has 0 aliphatic carbocycles. The summed E-state index contributed by atoms with van der Waals surface area (Å²) in [5.41, 5.74) is 4.48. The zero-order chi connectivity index (χ0) is 19.7. The predicted octanol–water partition coefficient (Wildman–Crippen LogP) is 5.20. The molecular weight excluding hydrogens is 336 g/mol. The molecule has 0 bridgehead atoms. The van der Waals surface area contributed by atoms with Gasteiger partial charge in [0.15, 0.2) is 0 Å². The molecule has 0 saturated carbocycles. The molecule has 0 fully saturated rings. The number of hydrogen-bond donors (Lipinski definition) is 1. The quantitative estimate of drug-likeness (QED) is 0.761. The van der Waals surface area contributed by atoms with Gasteiger partial charge in [0.05, 0.1) is 0 Å². The van der Waals surface area contributed by atoms with E-state index in [1.54, 1.807) is 0 Å². The lowest BCUT2D eigenvalue weighted by atomic mass is 9.80. The van der Waals surface area contributed by atoms with E-state index in [0.717, 1.165) is 36.3 Å². The summed E-state index contributed by atoms with van der Waals surface area (Å²) in [7, 11) is 0. The van der Waals surface area contributed by atoms with Crippen molar-refractivity contribution in [3.05, 3.63) is 58.7 Å². The summed E-state index contributed by atoms with van der Waals surface area (Å²) in [5.74, 6) is 1.95. The van der Waals surface area contributed by atoms with Crippen molar-refractivity contribution in [3.8, 4) is 11.5 Å². The summed E-state index contributed by atoms with van der Waals surface area (Å²) in [6, 6.07) is 12.4. The maximum atomic E-state index is 9.42. The predicted molar refractivity (Wildman–Crippen MR) is 110 cm³/mol. The molecule has 0 spiro atoms. The second kappa shape index (κ2) is 7.55. The Morgan fingerprint density at radius 3 is 2.48 bits per heavy atom. The fourth-order valence-electron chi connectivity index (χ4n) is 3.95. The van der Waals surface area contributed by atoms with Gasteiger partial charge in [0.2, 0.25) is 0 Å². The molecule has 0 amide bonds. The lowest BCUT2D eigenvalue weighted by molar-refractivity contribution is 0.136. The Bertz CT molecular complexity index is 786. The van der Waals surface area contributed by atoms with Gasteiger partial charge in [-0.3, -0.25) is 0 Å². The van der Waals surface area contributed by atoms with E-state index in [2.05, 4.69) is 52.8 Å². The van der Waals surface area contributed by atoms with Crippen molar-refractivity contribution in [2.45, 2.75) is 71.5 Å². The van der Waals surface area contributed by atoms with Gasteiger partial charge in [0, 0.05) is 29.7 Å². The van der Waals surface area contributed by atoms with Gasteiger partial charge < -0.3 is 14.6 Å². The molecule has 2 aromatic rings. The summed E-state index contributed by atoms with van der Waals surface area (Å²) in [5, 5.41) is 9.42. The van der Waals surface area contributed by atoms with Crippen LogP contribution in [-0.4, -0.2) is 17.3 Å². The number of benzene rings is 2. The van der Waals surface area contributed by atoms with Gasteiger partial charge >= 0.3 is 0 Å². The number of rotatable bonds is 6. The third-order valence-corrected chi connectivity index (χ3v) is 4.99. The normalized spacial score (nSPS) is 15.3. The standard InChI is InChI=1S/C24H32O3/c1-23(2,3)21-19(12-9-13-25)22-18(15-24(4,5)27-22)14-20(21)26-16-17-10-7-6-8-11-17/h6-8,10-11,14,25H,9,12-13,15-16H2,1-5H3. The fourth-order valence-corrected chi connectivity index (χ4v) is 3.95. The van der Waals surface area contributed by atoms with Crippen molar-refractivity contribution in [2.24, 2.45) is 0 Å². The molecule has 1 N–H and O–H groups in total. The summed E-state index contributed by atoms with van der Waals surface area (Å²) >= 11 is 0. The molecule has 1 heterocycles. The molecule has 3 heteroatoms. The van der Waals surface area contributed by atoms with Gasteiger partial charge in [-0.25, -0.2) is 0 Å². The zero-order valence-electron chi connectivity index (χ0n) is 17.3. The highest BCUT2D eigenvalue weighted by Gasteiger charge is 2.36. The van der Waals surface area contributed by atoms with Crippen molar-refractivity contribution in [1.82, 2.24) is 0 Å². The molecule has 0 unspecified atom stereocenters. The minimum Gasteiger partial charge on any atom is -0.489 e. The van der Waals surface area contributed by atoms with Gasteiger partial charge in [-0.1, -0.05) is 51.1 Å². The minimum atomic E-state index is -0.205. The smallest absolute Gasteiger partial charge is 0.127 e. The second-order valence-electron chi connectivity index (χ2n) is 9.11. The van der Waals surface area contributed by atoms with Crippen molar-refractivity contribution in [3.63, 3.8) is 0 Å². The number of hydrogen-bond acceptors (Lipinski definition) is 3. The van der Waals surface area contributed by atoms with Crippen LogP contribution in [0.4, 0.5) is 0 Å². The first-order chi connectivity index (χ1) is 12.7. The lowest BCUT2D eigenvalue weighted by Crippen LogP contribution is -2.25. The molecule has 0 atom stereocenters.